The molecular weight excluding hydrogens is 246 g/mol. The second-order valence-electron chi connectivity index (χ2n) is 3.82. The topological polar surface area (TPSA) is 26.0 Å². The van der Waals surface area contributed by atoms with Gasteiger partial charge in [0, 0.05) is 11.6 Å². The molecule has 2 aromatic carbocycles. The molecule has 2 aromatic rings. The molecule has 0 heterocycles. The van der Waals surface area contributed by atoms with Crippen LogP contribution in [0, 0.1) is 23.3 Å². The van der Waals surface area contributed by atoms with Crippen molar-refractivity contribution in [2.75, 3.05) is 0 Å². The largest absolute Gasteiger partial charge is 0.320 e. The molecule has 0 aliphatic rings. The van der Waals surface area contributed by atoms with Crippen molar-refractivity contribution in [3.8, 4) is 0 Å². The molecule has 0 amide bonds. The van der Waals surface area contributed by atoms with Crippen LogP contribution in [0.25, 0.3) is 0 Å². The van der Waals surface area contributed by atoms with Gasteiger partial charge in [-0.15, -0.1) is 0 Å². The van der Waals surface area contributed by atoms with E-state index in [9.17, 15) is 17.6 Å². The van der Waals surface area contributed by atoms with E-state index in [1.807, 2.05) is 0 Å². The van der Waals surface area contributed by atoms with E-state index in [1.54, 1.807) is 0 Å². The highest BCUT2D eigenvalue weighted by atomic mass is 19.2. The molecule has 1 atom stereocenters. The number of hydrogen-bond acceptors (Lipinski definition) is 1. The van der Waals surface area contributed by atoms with E-state index >= 15 is 0 Å². The van der Waals surface area contributed by atoms with Crippen LogP contribution in [0.4, 0.5) is 17.6 Å². The standard InChI is InChI=1S/C13H9F4N/c14-8-3-1-2-7(4-8)13(18)9-5-11(16)12(17)6-10(9)15/h1-6,13H,18H2. The van der Waals surface area contributed by atoms with Crippen molar-refractivity contribution >= 4 is 0 Å². The predicted molar refractivity (Wildman–Crippen MR) is 58.7 cm³/mol. The van der Waals surface area contributed by atoms with Crippen molar-refractivity contribution < 1.29 is 17.6 Å². The van der Waals surface area contributed by atoms with Gasteiger partial charge >= 0.3 is 0 Å². The molecule has 1 unspecified atom stereocenters. The average molecular weight is 255 g/mol. The Morgan fingerprint density at radius 1 is 0.833 bits per heavy atom. The lowest BCUT2D eigenvalue weighted by molar-refractivity contribution is 0.487. The van der Waals surface area contributed by atoms with Crippen molar-refractivity contribution in [3.63, 3.8) is 0 Å². The maximum Gasteiger partial charge on any atom is 0.161 e. The molecule has 0 aromatic heterocycles. The van der Waals surface area contributed by atoms with Gasteiger partial charge in [0.2, 0.25) is 0 Å². The molecule has 0 saturated carbocycles. The summed E-state index contributed by atoms with van der Waals surface area (Å²) < 4.78 is 52.3. The molecule has 0 bridgehead atoms. The Morgan fingerprint density at radius 2 is 1.50 bits per heavy atom. The Labute approximate surface area is 101 Å². The van der Waals surface area contributed by atoms with Crippen LogP contribution in [0.2, 0.25) is 0 Å². The number of rotatable bonds is 2. The highest BCUT2D eigenvalue weighted by Crippen LogP contribution is 2.24. The summed E-state index contributed by atoms with van der Waals surface area (Å²) in [7, 11) is 0. The summed E-state index contributed by atoms with van der Waals surface area (Å²) in [5.74, 6) is -3.99. The summed E-state index contributed by atoms with van der Waals surface area (Å²) in [6, 6.07) is 5.25. The van der Waals surface area contributed by atoms with E-state index in [4.69, 9.17) is 5.73 Å². The third-order valence-electron chi connectivity index (χ3n) is 2.58. The molecule has 94 valence electrons. The second-order valence-corrected chi connectivity index (χ2v) is 3.82. The van der Waals surface area contributed by atoms with Gasteiger partial charge in [-0.1, -0.05) is 12.1 Å². The summed E-state index contributed by atoms with van der Waals surface area (Å²) in [6.07, 6.45) is 0. The smallest absolute Gasteiger partial charge is 0.161 e. The molecule has 0 spiro atoms. The van der Waals surface area contributed by atoms with Gasteiger partial charge in [0.1, 0.15) is 11.6 Å². The van der Waals surface area contributed by atoms with E-state index in [-0.39, 0.29) is 11.1 Å². The lowest BCUT2D eigenvalue weighted by Crippen LogP contribution is -2.14. The van der Waals surface area contributed by atoms with E-state index in [1.165, 1.54) is 18.2 Å². The summed E-state index contributed by atoms with van der Waals surface area (Å²) in [5.41, 5.74) is 5.76. The SMILES string of the molecule is NC(c1cccc(F)c1)c1cc(F)c(F)cc1F. The van der Waals surface area contributed by atoms with Crippen LogP contribution in [0.1, 0.15) is 17.2 Å². The Bertz CT molecular complexity index is 583. The Kier molecular flexibility index (Phi) is 3.34. The molecule has 2 rings (SSSR count). The van der Waals surface area contributed by atoms with Crippen molar-refractivity contribution in [3.05, 3.63) is 70.8 Å². The van der Waals surface area contributed by atoms with Crippen molar-refractivity contribution in [2.24, 2.45) is 5.73 Å². The summed E-state index contributed by atoms with van der Waals surface area (Å²) in [5, 5.41) is 0. The van der Waals surface area contributed by atoms with Gasteiger partial charge in [0.15, 0.2) is 11.6 Å². The highest BCUT2D eigenvalue weighted by Gasteiger charge is 2.17. The lowest BCUT2D eigenvalue weighted by atomic mass is 9.99. The van der Waals surface area contributed by atoms with Gasteiger partial charge in [0.25, 0.3) is 0 Å². The fourth-order valence-electron chi connectivity index (χ4n) is 1.66. The number of hydrogen-bond donors (Lipinski definition) is 1. The zero-order valence-electron chi connectivity index (χ0n) is 9.13. The van der Waals surface area contributed by atoms with Crippen molar-refractivity contribution in [2.45, 2.75) is 6.04 Å². The quantitative estimate of drug-likeness (QED) is 0.646. The van der Waals surface area contributed by atoms with Crippen molar-refractivity contribution in [1.29, 1.82) is 0 Å². The molecule has 0 radical (unpaired) electrons. The summed E-state index contributed by atoms with van der Waals surface area (Å²) >= 11 is 0. The van der Waals surface area contributed by atoms with Crippen LogP contribution in [-0.4, -0.2) is 0 Å². The number of nitrogens with two attached hydrogens (primary N) is 1. The van der Waals surface area contributed by atoms with Gasteiger partial charge in [0.05, 0.1) is 6.04 Å². The Morgan fingerprint density at radius 3 is 2.17 bits per heavy atom. The zero-order valence-corrected chi connectivity index (χ0v) is 9.13. The predicted octanol–water partition coefficient (Wildman–Crippen LogP) is 3.29. The van der Waals surface area contributed by atoms with Crippen LogP contribution in [0.3, 0.4) is 0 Å². The molecule has 0 aliphatic carbocycles. The molecule has 0 fully saturated rings. The molecular formula is C13H9F4N. The monoisotopic (exact) mass is 255 g/mol. The fourth-order valence-corrected chi connectivity index (χ4v) is 1.66. The Hall–Kier alpha value is -1.88. The summed E-state index contributed by atoms with van der Waals surface area (Å²) in [4.78, 5) is 0. The first-order valence-corrected chi connectivity index (χ1v) is 5.14. The first kappa shape index (κ1) is 12.6. The molecule has 5 heteroatoms. The van der Waals surface area contributed by atoms with Crippen molar-refractivity contribution in [1.82, 2.24) is 0 Å². The first-order valence-electron chi connectivity index (χ1n) is 5.14. The van der Waals surface area contributed by atoms with E-state index in [0.717, 1.165) is 6.07 Å². The van der Waals surface area contributed by atoms with Gasteiger partial charge < -0.3 is 5.73 Å². The lowest BCUT2D eigenvalue weighted by Gasteiger charge is -2.14. The average Bonchev–Trinajstić information content (AvgIpc) is 2.33. The van der Waals surface area contributed by atoms with Gasteiger partial charge in [-0.3, -0.25) is 0 Å². The first-order chi connectivity index (χ1) is 8.49. The van der Waals surface area contributed by atoms with Crippen LogP contribution < -0.4 is 5.73 Å². The van der Waals surface area contributed by atoms with Crippen LogP contribution in [-0.2, 0) is 0 Å². The van der Waals surface area contributed by atoms with E-state index in [0.29, 0.717) is 12.1 Å². The minimum atomic E-state index is -1.29. The van der Waals surface area contributed by atoms with Crippen LogP contribution >= 0.6 is 0 Å². The maximum absolute atomic E-state index is 13.5. The molecule has 0 saturated heterocycles. The van der Waals surface area contributed by atoms with Gasteiger partial charge in [-0.05, 0) is 23.8 Å². The van der Waals surface area contributed by atoms with Crippen LogP contribution in [0.15, 0.2) is 36.4 Å². The molecule has 2 N–H and O–H groups in total. The maximum atomic E-state index is 13.5. The number of halogens is 4. The third kappa shape index (κ3) is 2.36. The summed E-state index contributed by atoms with van der Waals surface area (Å²) in [6.45, 7) is 0. The minimum Gasteiger partial charge on any atom is -0.320 e. The van der Waals surface area contributed by atoms with E-state index < -0.39 is 29.3 Å². The van der Waals surface area contributed by atoms with E-state index in [2.05, 4.69) is 0 Å². The zero-order chi connectivity index (χ0) is 13.3. The molecule has 1 nitrogen and oxygen atoms in total. The molecule has 18 heavy (non-hydrogen) atoms. The molecule has 0 aliphatic heterocycles. The second kappa shape index (κ2) is 4.78. The third-order valence-corrected chi connectivity index (χ3v) is 2.58. The number of benzene rings is 2. The fraction of sp³-hybridized carbons (Fsp3) is 0.0769. The van der Waals surface area contributed by atoms with Gasteiger partial charge in [-0.25, -0.2) is 17.6 Å². The van der Waals surface area contributed by atoms with Gasteiger partial charge in [-0.2, -0.15) is 0 Å². The highest BCUT2D eigenvalue weighted by molar-refractivity contribution is 5.33. The normalized spacial score (nSPS) is 12.5. The Balaban J connectivity index is 2.46. The van der Waals surface area contributed by atoms with Crippen LogP contribution in [0.5, 0.6) is 0 Å². The minimum absolute atomic E-state index is 0.223.